The van der Waals surface area contributed by atoms with Crippen molar-refractivity contribution < 1.29 is 5.11 Å². The molecule has 3 heteroatoms. The smallest absolute Gasteiger partial charge is 0.125 e. The summed E-state index contributed by atoms with van der Waals surface area (Å²) < 4.78 is 0. The first-order chi connectivity index (χ1) is 6.00. The number of aliphatic hydroxyl groups excluding tert-OH is 1. The largest absolute Gasteiger partial charge is 0.393 e. The van der Waals surface area contributed by atoms with Crippen LogP contribution in [0.1, 0.15) is 37.0 Å². The molecular weight excluding hydrogens is 164 g/mol. The molecule has 13 heavy (non-hydrogen) atoms. The van der Waals surface area contributed by atoms with Gasteiger partial charge in [0.15, 0.2) is 0 Å². The van der Waals surface area contributed by atoms with E-state index in [0.717, 1.165) is 17.2 Å². The fourth-order valence-corrected chi connectivity index (χ4v) is 1.23. The number of aliphatic hydroxyl groups is 1. The molecule has 0 saturated carbocycles. The summed E-state index contributed by atoms with van der Waals surface area (Å²) in [6.07, 6.45) is -0.367. The van der Waals surface area contributed by atoms with Gasteiger partial charge in [-0.3, -0.25) is 0 Å². The van der Waals surface area contributed by atoms with Gasteiger partial charge in [0, 0.05) is 17.3 Å². The van der Waals surface area contributed by atoms with Crippen LogP contribution in [0.15, 0.2) is 6.07 Å². The summed E-state index contributed by atoms with van der Waals surface area (Å²) in [6.45, 7) is 7.54. The average Bonchev–Trinajstić information content (AvgIpc) is 2.01. The molecule has 0 fully saturated rings. The van der Waals surface area contributed by atoms with Crippen LogP contribution < -0.4 is 0 Å². The third kappa shape index (κ3) is 2.49. The average molecular weight is 180 g/mol. The van der Waals surface area contributed by atoms with Crippen molar-refractivity contribution in [2.45, 2.75) is 39.7 Å². The second-order valence-corrected chi connectivity index (χ2v) is 3.51. The highest BCUT2D eigenvalue weighted by molar-refractivity contribution is 5.14. The van der Waals surface area contributed by atoms with Gasteiger partial charge >= 0.3 is 0 Å². The number of hydrogen-bond acceptors (Lipinski definition) is 3. The van der Waals surface area contributed by atoms with Gasteiger partial charge in [-0.1, -0.05) is 6.92 Å². The molecule has 2 unspecified atom stereocenters. The van der Waals surface area contributed by atoms with Gasteiger partial charge in [0.2, 0.25) is 0 Å². The van der Waals surface area contributed by atoms with Gasteiger partial charge in [-0.05, 0) is 26.8 Å². The predicted octanol–water partition coefficient (Wildman–Crippen LogP) is 1.58. The van der Waals surface area contributed by atoms with E-state index < -0.39 is 0 Å². The lowest BCUT2D eigenvalue weighted by molar-refractivity contribution is 0.167. The highest BCUT2D eigenvalue weighted by Gasteiger charge is 2.13. The van der Waals surface area contributed by atoms with Crippen molar-refractivity contribution in [1.82, 2.24) is 9.97 Å². The molecule has 0 bridgehead atoms. The Morgan fingerprint density at radius 1 is 1.23 bits per heavy atom. The lowest BCUT2D eigenvalue weighted by Crippen LogP contribution is -2.13. The quantitative estimate of drug-likeness (QED) is 0.751. The maximum absolute atomic E-state index is 9.40. The van der Waals surface area contributed by atoms with E-state index in [9.17, 15) is 5.11 Å². The van der Waals surface area contributed by atoms with Crippen molar-refractivity contribution in [3.63, 3.8) is 0 Å². The van der Waals surface area contributed by atoms with Gasteiger partial charge in [-0.15, -0.1) is 0 Å². The van der Waals surface area contributed by atoms with Gasteiger partial charge in [0.1, 0.15) is 5.82 Å². The molecule has 0 radical (unpaired) electrons. The highest BCUT2D eigenvalue weighted by Crippen LogP contribution is 2.17. The third-order valence-electron chi connectivity index (χ3n) is 2.18. The van der Waals surface area contributed by atoms with Gasteiger partial charge in [-0.2, -0.15) is 0 Å². The van der Waals surface area contributed by atoms with E-state index in [0.29, 0.717) is 0 Å². The van der Waals surface area contributed by atoms with Crippen LogP contribution in [0.2, 0.25) is 0 Å². The third-order valence-corrected chi connectivity index (χ3v) is 2.18. The number of nitrogens with zero attached hydrogens (tertiary/aromatic N) is 2. The van der Waals surface area contributed by atoms with E-state index >= 15 is 0 Å². The van der Waals surface area contributed by atoms with Crippen LogP contribution in [-0.2, 0) is 0 Å². The van der Waals surface area contributed by atoms with Crippen LogP contribution >= 0.6 is 0 Å². The topological polar surface area (TPSA) is 46.0 Å². The second kappa shape index (κ2) is 3.83. The van der Waals surface area contributed by atoms with Crippen molar-refractivity contribution in [2.75, 3.05) is 0 Å². The van der Waals surface area contributed by atoms with E-state index in [1.165, 1.54) is 0 Å². The Balaban J connectivity index is 3.01. The molecule has 1 heterocycles. The number of rotatable bonds is 2. The molecule has 1 aromatic rings. The SMILES string of the molecule is Cc1cc(C(C)C(C)O)nc(C)n1. The first-order valence-corrected chi connectivity index (χ1v) is 4.51. The fourth-order valence-electron chi connectivity index (χ4n) is 1.23. The van der Waals surface area contributed by atoms with E-state index in [2.05, 4.69) is 9.97 Å². The molecule has 0 aliphatic heterocycles. The van der Waals surface area contributed by atoms with Crippen molar-refractivity contribution in [3.8, 4) is 0 Å². The number of aromatic nitrogens is 2. The van der Waals surface area contributed by atoms with Crippen LogP contribution in [0.4, 0.5) is 0 Å². The molecule has 1 aromatic heterocycles. The second-order valence-electron chi connectivity index (χ2n) is 3.51. The molecule has 0 spiro atoms. The molecular formula is C10H16N2O. The summed E-state index contributed by atoms with van der Waals surface area (Å²) in [5.41, 5.74) is 1.87. The zero-order chi connectivity index (χ0) is 10.0. The van der Waals surface area contributed by atoms with Gasteiger partial charge in [0.05, 0.1) is 6.10 Å². The Hall–Kier alpha value is -0.960. The van der Waals surface area contributed by atoms with Crippen molar-refractivity contribution in [1.29, 1.82) is 0 Å². The maximum atomic E-state index is 9.40. The Labute approximate surface area is 78.9 Å². The summed E-state index contributed by atoms with van der Waals surface area (Å²) in [4.78, 5) is 8.47. The molecule has 0 aliphatic rings. The predicted molar refractivity (Wildman–Crippen MR) is 51.6 cm³/mol. The van der Waals surface area contributed by atoms with E-state index in [1.54, 1.807) is 6.92 Å². The van der Waals surface area contributed by atoms with Crippen LogP contribution in [0.5, 0.6) is 0 Å². The number of hydrogen-bond donors (Lipinski definition) is 1. The minimum Gasteiger partial charge on any atom is -0.393 e. The Bertz CT molecular complexity index is 277. The monoisotopic (exact) mass is 180 g/mol. The van der Waals surface area contributed by atoms with Gasteiger partial charge < -0.3 is 5.11 Å². The first kappa shape index (κ1) is 10.1. The van der Waals surface area contributed by atoms with Crippen molar-refractivity contribution in [3.05, 3.63) is 23.3 Å². The molecule has 1 N–H and O–H groups in total. The molecule has 2 atom stereocenters. The zero-order valence-electron chi connectivity index (χ0n) is 8.57. The number of aryl methyl sites for hydroxylation is 2. The Kier molecular flexibility index (Phi) is 2.98. The van der Waals surface area contributed by atoms with E-state index in [1.807, 2.05) is 26.8 Å². The molecule has 72 valence electrons. The lowest BCUT2D eigenvalue weighted by Gasteiger charge is -2.14. The summed E-state index contributed by atoms with van der Waals surface area (Å²) in [7, 11) is 0. The Morgan fingerprint density at radius 3 is 2.31 bits per heavy atom. The maximum Gasteiger partial charge on any atom is 0.125 e. The minimum absolute atomic E-state index is 0.0698. The molecule has 0 aromatic carbocycles. The summed E-state index contributed by atoms with van der Waals surface area (Å²) >= 11 is 0. The van der Waals surface area contributed by atoms with Gasteiger partial charge in [0.25, 0.3) is 0 Å². The lowest BCUT2D eigenvalue weighted by atomic mass is 10.0. The summed E-state index contributed by atoms with van der Waals surface area (Å²) in [5, 5.41) is 9.40. The van der Waals surface area contributed by atoms with E-state index in [-0.39, 0.29) is 12.0 Å². The Morgan fingerprint density at radius 2 is 1.85 bits per heavy atom. The van der Waals surface area contributed by atoms with Crippen molar-refractivity contribution >= 4 is 0 Å². The highest BCUT2D eigenvalue weighted by atomic mass is 16.3. The van der Waals surface area contributed by atoms with E-state index in [4.69, 9.17) is 0 Å². The minimum atomic E-state index is -0.367. The van der Waals surface area contributed by atoms with Crippen LogP contribution in [0.3, 0.4) is 0 Å². The molecule has 0 saturated heterocycles. The van der Waals surface area contributed by atoms with Crippen LogP contribution in [0, 0.1) is 13.8 Å². The molecule has 0 amide bonds. The van der Waals surface area contributed by atoms with Crippen molar-refractivity contribution in [2.24, 2.45) is 0 Å². The molecule has 0 aliphatic carbocycles. The molecule has 1 rings (SSSR count). The molecule has 3 nitrogen and oxygen atoms in total. The zero-order valence-corrected chi connectivity index (χ0v) is 8.57. The van der Waals surface area contributed by atoms with Crippen LogP contribution in [-0.4, -0.2) is 21.2 Å². The summed E-state index contributed by atoms with van der Waals surface area (Å²) in [5.74, 6) is 0.836. The first-order valence-electron chi connectivity index (χ1n) is 4.51. The van der Waals surface area contributed by atoms with Gasteiger partial charge in [-0.25, -0.2) is 9.97 Å². The van der Waals surface area contributed by atoms with Crippen LogP contribution in [0.25, 0.3) is 0 Å². The standard InChI is InChI=1S/C10H16N2O/c1-6-5-10(7(2)8(3)13)12-9(4)11-6/h5,7-8,13H,1-4H3. The fraction of sp³-hybridized carbons (Fsp3) is 0.600. The normalized spacial score (nSPS) is 15.5. The summed E-state index contributed by atoms with van der Waals surface area (Å²) in [6, 6.07) is 1.92.